The predicted octanol–water partition coefficient (Wildman–Crippen LogP) is -0.430. The Labute approximate surface area is 77.1 Å². The Morgan fingerprint density at radius 1 is 1.54 bits per heavy atom. The van der Waals surface area contributed by atoms with Crippen molar-refractivity contribution in [3.63, 3.8) is 0 Å². The maximum absolute atomic E-state index is 11.3. The Kier molecular flexibility index (Phi) is 1.73. The van der Waals surface area contributed by atoms with Gasteiger partial charge >= 0.3 is 0 Å². The lowest BCUT2D eigenvalue weighted by molar-refractivity contribution is -0.126. The second kappa shape index (κ2) is 2.57. The minimum atomic E-state index is -2.89. The molecule has 2 aliphatic heterocycles. The molecule has 0 aromatic rings. The second-order valence-corrected chi connectivity index (χ2v) is 5.86. The third kappa shape index (κ3) is 1.18. The fourth-order valence-electron chi connectivity index (χ4n) is 2.08. The van der Waals surface area contributed by atoms with Gasteiger partial charge in [-0.2, -0.15) is 0 Å². The number of sulfone groups is 1. The van der Waals surface area contributed by atoms with E-state index in [0.29, 0.717) is 13.0 Å². The Hall–Kier alpha value is -0.840. The number of fused-ring (bicyclic) bond motifs is 2. The molecule has 0 aliphatic carbocycles. The zero-order chi connectivity index (χ0) is 9.64. The quantitative estimate of drug-likeness (QED) is 0.541. The summed E-state index contributed by atoms with van der Waals surface area (Å²) in [4.78, 5) is 12.8. The third-order valence-electron chi connectivity index (χ3n) is 2.77. The molecule has 0 saturated carbocycles. The first kappa shape index (κ1) is 8.74. The number of carbonyl (C=O) groups excluding carboxylic acids is 1. The molecule has 4 nitrogen and oxygen atoms in total. The molecule has 0 unspecified atom stereocenters. The number of likely N-dealkylation sites (tertiary alicyclic amines) is 1. The molecule has 0 aromatic heterocycles. The number of hydrogen-bond acceptors (Lipinski definition) is 3. The van der Waals surface area contributed by atoms with Crippen molar-refractivity contribution < 1.29 is 13.2 Å². The molecule has 2 heterocycles. The molecule has 2 aliphatic rings. The molecule has 2 saturated heterocycles. The van der Waals surface area contributed by atoms with Crippen LogP contribution in [-0.4, -0.2) is 42.8 Å². The van der Waals surface area contributed by atoms with Crippen molar-refractivity contribution >= 4 is 15.7 Å². The molecular formula is C8H11NO3S. The average Bonchev–Trinajstić information content (AvgIpc) is 2.57. The summed E-state index contributed by atoms with van der Waals surface area (Å²) in [7, 11) is -2.89. The Bertz CT molecular complexity index is 360. The summed E-state index contributed by atoms with van der Waals surface area (Å²) in [6.45, 7) is 3.74. The number of rotatable bonds is 1. The molecule has 2 rings (SSSR count). The zero-order valence-electron chi connectivity index (χ0n) is 7.14. The summed E-state index contributed by atoms with van der Waals surface area (Å²) in [6, 6.07) is -0.0968. The van der Waals surface area contributed by atoms with Crippen LogP contribution in [0, 0.1) is 0 Å². The van der Waals surface area contributed by atoms with Crippen LogP contribution in [0.3, 0.4) is 0 Å². The second-order valence-electron chi connectivity index (χ2n) is 3.54. The molecule has 2 bridgehead atoms. The van der Waals surface area contributed by atoms with Gasteiger partial charge in [0.05, 0.1) is 11.0 Å². The largest absolute Gasteiger partial charge is 0.334 e. The van der Waals surface area contributed by atoms with Gasteiger partial charge in [-0.15, -0.1) is 0 Å². The summed E-state index contributed by atoms with van der Waals surface area (Å²) in [6.07, 6.45) is 1.86. The standard InChI is InChI=1S/C8H11NO3S/c1-2-8(10)9-4-7-3-6(9)5-13(7,11)12/h2,6-7H,1,3-5H2/t6-,7-/m0/s1. The van der Waals surface area contributed by atoms with E-state index < -0.39 is 9.84 Å². The van der Waals surface area contributed by atoms with Crippen LogP contribution < -0.4 is 0 Å². The van der Waals surface area contributed by atoms with Gasteiger partial charge in [0.25, 0.3) is 0 Å². The molecular weight excluding hydrogens is 190 g/mol. The van der Waals surface area contributed by atoms with Crippen LogP contribution >= 0.6 is 0 Å². The fraction of sp³-hybridized carbons (Fsp3) is 0.625. The SMILES string of the molecule is C=CC(=O)N1C[C@@H]2C[C@H]1CS2(=O)=O. The van der Waals surface area contributed by atoms with E-state index in [4.69, 9.17) is 0 Å². The normalized spacial score (nSPS) is 34.9. The monoisotopic (exact) mass is 201 g/mol. The number of amides is 1. The lowest BCUT2D eigenvalue weighted by atomic mass is 10.2. The van der Waals surface area contributed by atoms with Crippen molar-refractivity contribution in [2.24, 2.45) is 0 Å². The topological polar surface area (TPSA) is 54.5 Å². The van der Waals surface area contributed by atoms with Crippen molar-refractivity contribution in [3.05, 3.63) is 12.7 Å². The van der Waals surface area contributed by atoms with Gasteiger partial charge in [0.2, 0.25) is 5.91 Å². The molecule has 72 valence electrons. The van der Waals surface area contributed by atoms with Crippen LogP contribution in [0.4, 0.5) is 0 Å². The zero-order valence-corrected chi connectivity index (χ0v) is 7.96. The highest BCUT2D eigenvalue weighted by Gasteiger charge is 2.49. The Morgan fingerprint density at radius 3 is 2.62 bits per heavy atom. The van der Waals surface area contributed by atoms with Crippen LogP contribution in [0.15, 0.2) is 12.7 Å². The van der Waals surface area contributed by atoms with Gasteiger partial charge in [0.15, 0.2) is 9.84 Å². The lowest BCUT2D eigenvalue weighted by Crippen LogP contribution is -2.43. The Balaban J connectivity index is 2.20. The summed E-state index contributed by atoms with van der Waals surface area (Å²) in [5.74, 6) is -0.0144. The van der Waals surface area contributed by atoms with E-state index in [1.165, 1.54) is 6.08 Å². The molecule has 0 N–H and O–H groups in total. The van der Waals surface area contributed by atoms with E-state index in [1.807, 2.05) is 0 Å². The van der Waals surface area contributed by atoms with Crippen LogP contribution in [0.1, 0.15) is 6.42 Å². The van der Waals surface area contributed by atoms with Crippen molar-refractivity contribution in [1.29, 1.82) is 0 Å². The van der Waals surface area contributed by atoms with Gasteiger partial charge in [-0.05, 0) is 12.5 Å². The summed E-state index contributed by atoms with van der Waals surface area (Å²) in [5.41, 5.74) is 0. The maximum atomic E-state index is 11.3. The van der Waals surface area contributed by atoms with Gasteiger partial charge in [0.1, 0.15) is 0 Å². The van der Waals surface area contributed by atoms with E-state index in [2.05, 4.69) is 6.58 Å². The molecule has 2 fully saturated rings. The lowest BCUT2D eigenvalue weighted by Gasteiger charge is -2.25. The van der Waals surface area contributed by atoms with Crippen LogP contribution in [0.2, 0.25) is 0 Å². The van der Waals surface area contributed by atoms with Crippen molar-refractivity contribution in [2.75, 3.05) is 12.3 Å². The van der Waals surface area contributed by atoms with Gasteiger partial charge < -0.3 is 4.90 Å². The van der Waals surface area contributed by atoms with Crippen molar-refractivity contribution in [3.8, 4) is 0 Å². The predicted molar refractivity (Wildman–Crippen MR) is 47.9 cm³/mol. The smallest absolute Gasteiger partial charge is 0.246 e. The number of carbonyl (C=O) groups is 1. The summed E-state index contributed by atoms with van der Waals surface area (Å²) in [5, 5.41) is -0.318. The first-order chi connectivity index (χ1) is 6.04. The van der Waals surface area contributed by atoms with Gasteiger partial charge in [-0.1, -0.05) is 6.58 Å². The highest BCUT2D eigenvalue weighted by molar-refractivity contribution is 7.92. The van der Waals surface area contributed by atoms with Gasteiger partial charge in [-0.3, -0.25) is 4.79 Å². The number of hydrogen-bond donors (Lipinski definition) is 0. The molecule has 0 aromatic carbocycles. The first-order valence-corrected chi connectivity index (χ1v) is 5.91. The molecule has 5 heteroatoms. The van der Waals surface area contributed by atoms with E-state index in [0.717, 1.165) is 0 Å². The minimum Gasteiger partial charge on any atom is -0.334 e. The van der Waals surface area contributed by atoms with E-state index >= 15 is 0 Å². The highest BCUT2D eigenvalue weighted by atomic mass is 32.2. The molecule has 0 spiro atoms. The molecule has 1 amide bonds. The van der Waals surface area contributed by atoms with Gasteiger partial charge in [-0.25, -0.2) is 8.42 Å². The Morgan fingerprint density at radius 2 is 2.23 bits per heavy atom. The summed E-state index contributed by atoms with van der Waals surface area (Å²) < 4.78 is 22.6. The summed E-state index contributed by atoms with van der Waals surface area (Å²) >= 11 is 0. The molecule has 0 radical (unpaired) electrons. The average molecular weight is 201 g/mol. The van der Waals surface area contributed by atoms with Crippen molar-refractivity contribution in [1.82, 2.24) is 4.90 Å². The number of nitrogens with zero attached hydrogens (tertiary/aromatic N) is 1. The molecule has 13 heavy (non-hydrogen) atoms. The minimum absolute atomic E-state index is 0.0968. The van der Waals surface area contributed by atoms with E-state index in [-0.39, 0.29) is 23.0 Å². The maximum Gasteiger partial charge on any atom is 0.246 e. The third-order valence-corrected chi connectivity index (χ3v) is 4.97. The highest BCUT2D eigenvalue weighted by Crippen LogP contribution is 2.32. The fourth-order valence-corrected chi connectivity index (χ4v) is 4.11. The van der Waals surface area contributed by atoms with Crippen LogP contribution in [0.25, 0.3) is 0 Å². The van der Waals surface area contributed by atoms with Crippen LogP contribution in [-0.2, 0) is 14.6 Å². The van der Waals surface area contributed by atoms with Crippen LogP contribution in [0.5, 0.6) is 0 Å². The molecule has 2 atom stereocenters. The first-order valence-electron chi connectivity index (χ1n) is 4.19. The van der Waals surface area contributed by atoms with Crippen molar-refractivity contribution in [2.45, 2.75) is 17.7 Å². The van der Waals surface area contributed by atoms with Gasteiger partial charge in [0, 0.05) is 12.6 Å². The van der Waals surface area contributed by atoms with E-state index in [9.17, 15) is 13.2 Å². The van der Waals surface area contributed by atoms with E-state index in [1.54, 1.807) is 4.90 Å².